The van der Waals surface area contributed by atoms with Crippen molar-refractivity contribution in [2.45, 2.75) is 0 Å². The highest BCUT2D eigenvalue weighted by molar-refractivity contribution is 5.95. The van der Waals surface area contributed by atoms with Gasteiger partial charge >= 0.3 is 5.69 Å². The Balaban J connectivity index is 1.71. The van der Waals surface area contributed by atoms with Gasteiger partial charge in [-0.1, -0.05) is 6.07 Å². The summed E-state index contributed by atoms with van der Waals surface area (Å²) < 4.78 is 10.8. The number of phenolic OH excluding ortho intramolecular Hbond substituents is 1. The standard InChI is InChI=1S/C16H13N3O6/c20-15-11(2-1-3-12(15)19(22)23)9-17-18-16(21)10-4-5-13-14(8-10)25-7-6-24-13/h1-5,8-9,20H,6-7H2,(H,18,21)/b17-9-. The van der Waals surface area contributed by atoms with E-state index < -0.39 is 22.3 Å². The molecule has 1 heterocycles. The number of hydrogen-bond donors (Lipinski definition) is 2. The molecule has 1 aliphatic heterocycles. The summed E-state index contributed by atoms with van der Waals surface area (Å²) >= 11 is 0. The van der Waals surface area contributed by atoms with Crippen LogP contribution in [0.5, 0.6) is 17.2 Å². The number of ether oxygens (including phenoxy) is 2. The van der Waals surface area contributed by atoms with Crippen molar-refractivity contribution in [1.82, 2.24) is 5.43 Å². The first kappa shape index (κ1) is 16.2. The summed E-state index contributed by atoms with van der Waals surface area (Å²) in [6, 6.07) is 8.72. The number of amides is 1. The predicted molar refractivity (Wildman–Crippen MR) is 87.3 cm³/mol. The maximum atomic E-state index is 12.1. The van der Waals surface area contributed by atoms with Gasteiger partial charge in [0.05, 0.1) is 11.1 Å². The molecule has 9 heteroatoms. The molecule has 0 unspecified atom stereocenters. The molecule has 0 radical (unpaired) electrons. The molecule has 0 aromatic heterocycles. The van der Waals surface area contributed by atoms with Gasteiger partial charge in [-0.25, -0.2) is 5.43 Å². The number of nitrogens with one attached hydrogen (secondary N) is 1. The number of carbonyl (C=O) groups excluding carboxylic acids is 1. The van der Waals surface area contributed by atoms with Gasteiger partial charge in [0, 0.05) is 17.2 Å². The number of benzene rings is 2. The fourth-order valence-electron chi connectivity index (χ4n) is 2.21. The van der Waals surface area contributed by atoms with Crippen molar-refractivity contribution >= 4 is 17.8 Å². The molecule has 0 bridgehead atoms. The zero-order valence-electron chi connectivity index (χ0n) is 12.8. The number of aromatic hydroxyl groups is 1. The first-order valence-electron chi connectivity index (χ1n) is 7.25. The van der Waals surface area contributed by atoms with Crippen LogP contribution in [0.2, 0.25) is 0 Å². The highest BCUT2D eigenvalue weighted by Crippen LogP contribution is 2.31. The van der Waals surface area contributed by atoms with Crippen LogP contribution in [0.4, 0.5) is 5.69 Å². The van der Waals surface area contributed by atoms with Crippen LogP contribution in [0.25, 0.3) is 0 Å². The second kappa shape index (κ2) is 6.87. The number of rotatable bonds is 4. The Bertz CT molecular complexity index is 865. The van der Waals surface area contributed by atoms with E-state index in [4.69, 9.17) is 9.47 Å². The molecule has 128 valence electrons. The van der Waals surface area contributed by atoms with E-state index in [1.807, 2.05) is 0 Å². The largest absolute Gasteiger partial charge is 0.502 e. The van der Waals surface area contributed by atoms with Crippen LogP contribution in [-0.4, -0.2) is 35.4 Å². The Morgan fingerprint density at radius 1 is 1.24 bits per heavy atom. The lowest BCUT2D eigenvalue weighted by Gasteiger charge is -2.18. The van der Waals surface area contributed by atoms with Crippen LogP contribution in [0.1, 0.15) is 15.9 Å². The lowest BCUT2D eigenvalue weighted by Crippen LogP contribution is -2.19. The summed E-state index contributed by atoms with van der Waals surface area (Å²) in [6.07, 6.45) is 1.12. The third-order valence-corrected chi connectivity index (χ3v) is 3.42. The topological polar surface area (TPSA) is 123 Å². The van der Waals surface area contributed by atoms with E-state index in [2.05, 4.69) is 10.5 Å². The molecule has 2 aromatic rings. The van der Waals surface area contributed by atoms with E-state index >= 15 is 0 Å². The zero-order chi connectivity index (χ0) is 17.8. The first-order chi connectivity index (χ1) is 12.1. The van der Waals surface area contributed by atoms with Crippen molar-refractivity contribution in [2.24, 2.45) is 5.10 Å². The van der Waals surface area contributed by atoms with E-state index in [9.17, 15) is 20.0 Å². The number of nitro benzene ring substituents is 1. The van der Waals surface area contributed by atoms with Crippen molar-refractivity contribution in [1.29, 1.82) is 0 Å². The van der Waals surface area contributed by atoms with Crippen LogP contribution in [0, 0.1) is 10.1 Å². The molecule has 25 heavy (non-hydrogen) atoms. The Labute approximate surface area is 141 Å². The van der Waals surface area contributed by atoms with E-state index in [0.717, 1.165) is 6.21 Å². The number of nitro groups is 1. The minimum absolute atomic E-state index is 0.108. The lowest BCUT2D eigenvalue weighted by molar-refractivity contribution is -0.385. The molecule has 1 aliphatic rings. The molecule has 2 aromatic carbocycles. The molecule has 3 rings (SSSR count). The molecule has 0 atom stereocenters. The van der Waals surface area contributed by atoms with Gasteiger partial charge in [0.2, 0.25) is 5.75 Å². The molecule has 0 saturated carbocycles. The summed E-state index contributed by atoms with van der Waals surface area (Å²) in [5.41, 5.74) is 2.26. The summed E-state index contributed by atoms with van der Waals surface area (Å²) in [6.45, 7) is 0.859. The van der Waals surface area contributed by atoms with Crippen molar-refractivity contribution < 1.29 is 24.3 Å². The smallest absolute Gasteiger partial charge is 0.311 e. The van der Waals surface area contributed by atoms with Gasteiger partial charge in [-0.15, -0.1) is 0 Å². The molecular formula is C16H13N3O6. The van der Waals surface area contributed by atoms with E-state index in [0.29, 0.717) is 30.3 Å². The third kappa shape index (κ3) is 3.50. The number of hydrogen-bond acceptors (Lipinski definition) is 7. The third-order valence-electron chi connectivity index (χ3n) is 3.42. The highest BCUT2D eigenvalue weighted by atomic mass is 16.6. The van der Waals surface area contributed by atoms with Gasteiger partial charge < -0.3 is 14.6 Å². The lowest BCUT2D eigenvalue weighted by atomic mass is 10.2. The molecule has 0 saturated heterocycles. The Morgan fingerprint density at radius 2 is 2.00 bits per heavy atom. The fourth-order valence-corrected chi connectivity index (χ4v) is 2.21. The highest BCUT2D eigenvalue weighted by Gasteiger charge is 2.16. The normalized spacial score (nSPS) is 12.8. The number of para-hydroxylation sites is 1. The monoisotopic (exact) mass is 343 g/mol. The molecule has 9 nitrogen and oxygen atoms in total. The van der Waals surface area contributed by atoms with E-state index in [1.165, 1.54) is 24.3 Å². The van der Waals surface area contributed by atoms with Gasteiger partial charge in [-0.2, -0.15) is 5.10 Å². The molecule has 0 spiro atoms. The van der Waals surface area contributed by atoms with Crippen LogP contribution < -0.4 is 14.9 Å². The van der Waals surface area contributed by atoms with Gasteiger partial charge in [-0.3, -0.25) is 14.9 Å². The van der Waals surface area contributed by atoms with Crippen molar-refractivity contribution in [3.05, 3.63) is 57.6 Å². The first-order valence-corrected chi connectivity index (χ1v) is 7.25. The van der Waals surface area contributed by atoms with Crippen LogP contribution >= 0.6 is 0 Å². The number of phenols is 1. The van der Waals surface area contributed by atoms with Crippen molar-refractivity contribution in [3.8, 4) is 17.2 Å². The second-order valence-electron chi connectivity index (χ2n) is 5.03. The maximum absolute atomic E-state index is 12.1. The number of hydrazone groups is 1. The zero-order valence-corrected chi connectivity index (χ0v) is 12.8. The predicted octanol–water partition coefficient (Wildman–Crippen LogP) is 1.84. The van der Waals surface area contributed by atoms with Crippen LogP contribution in [0.3, 0.4) is 0 Å². The molecule has 0 aliphatic carbocycles. The Hall–Kier alpha value is -3.62. The SMILES string of the molecule is O=C(N/N=C\c1cccc([N+](=O)[O-])c1O)c1ccc2c(c1)OCCO2. The minimum atomic E-state index is -0.708. The van der Waals surface area contributed by atoms with Gasteiger partial charge in [0.15, 0.2) is 11.5 Å². The average molecular weight is 343 g/mol. The van der Waals surface area contributed by atoms with Crippen molar-refractivity contribution in [2.75, 3.05) is 13.2 Å². The Morgan fingerprint density at radius 3 is 2.76 bits per heavy atom. The molecule has 0 fully saturated rings. The number of carbonyl (C=O) groups is 1. The summed E-state index contributed by atoms with van der Waals surface area (Å²) in [7, 11) is 0. The summed E-state index contributed by atoms with van der Waals surface area (Å²) in [4.78, 5) is 22.1. The van der Waals surface area contributed by atoms with Gasteiger partial charge in [-0.05, 0) is 24.3 Å². The average Bonchev–Trinajstić information content (AvgIpc) is 2.62. The van der Waals surface area contributed by atoms with E-state index in [1.54, 1.807) is 12.1 Å². The number of nitrogens with zero attached hydrogens (tertiary/aromatic N) is 2. The van der Waals surface area contributed by atoms with Gasteiger partial charge in [0.25, 0.3) is 5.91 Å². The minimum Gasteiger partial charge on any atom is -0.502 e. The van der Waals surface area contributed by atoms with Crippen LogP contribution in [-0.2, 0) is 0 Å². The maximum Gasteiger partial charge on any atom is 0.311 e. The van der Waals surface area contributed by atoms with Gasteiger partial charge in [0.1, 0.15) is 13.2 Å². The van der Waals surface area contributed by atoms with Crippen LogP contribution in [0.15, 0.2) is 41.5 Å². The summed E-state index contributed by atoms with van der Waals surface area (Å²) in [5, 5.41) is 24.3. The second-order valence-corrected chi connectivity index (χ2v) is 5.03. The molecule has 2 N–H and O–H groups in total. The fraction of sp³-hybridized carbons (Fsp3) is 0.125. The number of fused-ring (bicyclic) bond motifs is 1. The van der Waals surface area contributed by atoms with Crippen molar-refractivity contribution in [3.63, 3.8) is 0 Å². The quantitative estimate of drug-likeness (QED) is 0.496. The summed E-state index contributed by atoms with van der Waals surface area (Å²) in [5.74, 6) is 0.00926. The molecular weight excluding hydrogens is 330 g/mol. The Kier molecular flexibility index (Phi) is 4.46. The van der Waals surface area contributed by atoms with E-state index in [-0.39, 0.29) is 5.56 Å². The molecule has 1 amide bonds.